The molecule has 0 saturated carbocycles. The zero-order valence-electron chi connectivity index (χ0n) is 10.9. The van der Waals surface area contributed by atoms with Gasteiger partial charge in [-0.25, -0.2) is 15.0 Å². The second-order valence-electron chi connectivity index (χ2n) is 4.43. The Balaban J connectivity index is 1.76. The molecule has 2 N–H and O–H groups in total. The van der Waals surface area contributed by atoms with Gasteiger partial charge in [-0.15, -0.1) is 11.3 Å². The van der Waals surface area contributed by atoms with Crippen molar-refractivity contribution in [3.63, 3.8) is 0 Å². The van der Waals surface area contributed by atoms with Crippen molar-refractivity contribution < 1.29 is 4.79 Å². The van der Waals surface area contributed by atoms with Gasteiger partial charge in [0, 0.05) is 0 Å². The molecular weight excluding hydrogens is 306 g/mol. The number of benzene rings is 1. The predicted octanol–water partition coefficient (Wildman–Crippen LogP) is 3.19. The highest BCUT2D eigenvalue weighted by Gasteiger charge is 2.13. The average molecular weight is 315 g/mol. The molecule has 3 aromatic heterocycles. The van der Waals surface area contributed by atoms with E-state index in [-0.39, 0.29) is 5.91 Å². The zero-order chi connectivity index (χ0) is 14.4. The van der Waals surface area contributed by atoms with Crippen molar-refractivity contribution in [2.45, 2.75) is 6.92 Å². The molecule has 1 aromatic carbocycles. The molecule has 0 bridgehead atoms. The van der Waals surface area contributed by atoms with Crippen LogP contribution in [0.5, 0.6) is 0 Å². The Hall–Kier alpha value is -2.32. The molecule has 0 aliphatic carbocycles. The summed E-state index contributed by atoms with van der Waals surface area (Å²) in [6.45, 7) is 1.98. The molecule has 0 unspecified atom stereocenters. The van der Waals surface area contributed by atoms with Crippen LogP contribution >= 0.6 is 22.7 Å². The molecule has 21 heavy (non-hydrogen) atoms. The Bertz CT molecular complexity index is 954. The minimum Gasteiger partial charge on any atom is -0.341 e. The van der Waals surface area contributed by atoms with Crippen LogP contribution in [-0.4, -0.2) is 25.8 Å². The lowest BCUT2D eigenvalue weighted by Crippen LogP contribution is -2.11. The largest absolute Gasteiger partial charge is 0.341 e. The van der Waals surface area contributed by atoms with Gasteiger partial charge in [-0.1, -0.05) is 11.3 Å². The smallest absolute Gasteiger partial charge is 0.275 e. The lowest BCUT2D eigenvalue weighted by Gasteiger charge is -1.96. The van der Waals surface area contributed by atoms with Crippen molar-refractivity contribution in [1.82, 2.24) is 19.9 Å². The Morgan fingerprint density at radius 3 is 2.71 bits per heavy atom. The zero-order valence-corrected chi connectivity index (χ0v) is 12.5. The van der Waals surface area contributed by atoms with E-state index in [1.807, 2.05) is 19.1 Å². The number of nitrogens with zero attached hydrogens (tertiary/aromatic N) is 3. The molecular formula is C13H9N5OS2. The van der Waals surface area contributed by atoms with Gasteiger partial charge < -0.3 is 4.98 Å². The van der Waals surface area contributed by atoms with Crippen LogP contribution in [0.4, 0.5) is 5.13 Å². The van der Waals surface area contributed by atoms with Gasteiger partial charge >= 0.3 is 0 Å². The minimum absolute atomic E-state index is 0.247. The van der Waals surface area contributed by atoms with E-state index < -0.39 is 0 Å². The molecule has 0 atom stereocenters. The summed E-state index contributed by atoms with van der Waals surface area (Å²) in [6.07, 6.45) is 2.95. The molecule has 1 amide bonds. The molecule has 0 spiro atoms. The second-order valence-corrected chi connectivity index (χ2v) is 6.64. The quantitative estimate of drug-likeness (QED) is 0.595. The summed E-state index contributed by atoms with van der Waals surface area (Å²) in [4.78, 5) is 27.5. The average Bonchev–Trinajstić information content (AvgIpc) is 3.14. The van der Waals surface area contributed by atoms with Crippen LogP contribution in [0.3, 0.4) is 0 Å². The van der Waals surface area contributed by atoms with Crippen LogP contribution in [0.15, 0.2) is 24.7 Å². The first-order valence-corrected chi connectivity index (χ1v) is 7.80. The van der Waals surface area contributed by atoms with Crippen molar-refractivity contribution in [2.75, 3.05) is 5.32 Å². The van der Waals surface area contributed by atoms with Gasteiger partial charge in [0.2, 0.25) is 0 Å². The molecule has 6 nitrogen and oxygen atoms in total. The van der Waals surface area contributed by atoms with E-state index in [0.29, 0.717) is 10.8 Å². The summed E-state index contributed by atoms with van der Waals surface area (Å²) in [5, 5.41) is 4.38. The van der Waals surface area contributed by atoms with Gasteiger partial charge in [0.1, 0.15) is 5.69 Å². The van der Waals surface area contributed by atoms with E-state index >= 15 is 0 Å². The maximum atomic E-state index is 12.0. The van der Waals surface area contributed by atoms with Gasteiger partial charge in [0.25, 0.3) is 5.91 Å². The molecule has 0 saturated heterocycles. The van der Waals surface area contributed by atoms with Gasteiger partial charge in [-0.3, -0.25) is 10.1 Å². The number of aromatic nitrogens is 4. The van der Waals surface area contributed by atoms with E-state index in [1.54, 1.807) is 11.3 Å². The van der Waals surface area contributed by atoms with Gasteiger partial charge in [-0.2, -0.15) is 0 Å². The second kappa shape index (κ2) is 4.61. The third-order valence-electron chi connectivity index (χ3n) is 2.98. The number of carbonyl (C=O) groups is 1. The summed E-state index contributed by atoms with van der Waals surface area (Å²) >= 11 is 3.10. The van der Waals surface area contributed by atoms with Crippen molar-refractivity contribution in [3.8, 4) is 0 Å². The Morgan fingerprint density at radius 2 is 1.95 bits per heavy atom. The van der Waals surface area contributed by atoms with Crippen LogP contribution in [0, 0.1) is 6.92 Å². The van der Waals surface area contributed by atoms with Crippen molar-refractivity contribution in [2.24, 2.45) is 0 Å². The predicted molar refractivity (Wildman–Crippen MR) is 84.1 cm³/mol. The normalized spacial score (nSPS) is 11.3. The van der Waals surface area contributed by atoms with Crippen LogP contribution in [-0.2, 0) is 0 Å². The number of carbonyl (C=O) groups excluding carboxylic acids is 1. The summed E-state index contributed by atoms with van der Waals surface area (Å²) in [6, 6.07) is 3.89. The van der Waals surface area contributed by atoms with Crippen LogP contribution < -0.4 is 5.32 Å². The molecule has 0 radical (unpaired) electrons. The fourth-order valence-electron chi connectivity index (χ4n) is 2.08. The number of fused-ring (bicyclic) bond motifs is 3. The minimum atomic E-state index is -0.247. The van der Waals surface area contributed by atoms with Crippen molar-refractivity contribution in [3.05, 3.63) is 35.4 Å². The van der Waals surface area contributed by atoms with Gasteiger partial charge in [0.05, 0.1) is 38.0 Å². The first-order chi connectivity index (χ1) is 10.2. The van der Waals surface area contributed by atoms with E-state index in [9.17, 15) is 4.79 Å². The Labute approximate surface area is 126 Å². The number of hydrogen-bond donors (Lipinski definition) is 2. The van der Waals surface area contributed by atoms with E-state index in [1.165, 1.54) is 23.9 Å². The first kappa shape index (κ1) is 12.4. The van der Waals surface area contributed by atoms with Crippen LogP contribution in [0.25, 0.3) is 20.4 Å². The SMILES string of the molecule is Cc1nc2ccc3nc(NC(=O)c4cnc[nH]4)sc3c2s1. The number of aryl methyl sites for hydroxylation is 1. The van der Waals surface area contributed by atoms with Crippen molar-refractivity contribution >= 4 is 54.1 Å². The molecule has 0 aliphatic heterocycles. The van der Waals surface area contributed by atoms with Crippen LogP contribution in [0.2, 0.25) is 0 Å². The lowest BCUT2D eigenvalue weighted by molar-refractivity contribution is 0.102. The van der Waals surface area contributed by atoms with E-state index in [0.717, 1.165) is 25.4 Å². The highest BCUT2D eigenvalue weighted by Crippen LogP contribution is 2.35. The molecule has 104 valence electrons. The van der Waals surface area contributed by atoms with E-state index in [2.05, 4.69) is 25.3 Å². The number of aromatic amines is 1. The number of thiazole rings is 2. The highest BCUT2D eigenvalue weighted by molar-refractivity contribution is 7.28. The number of nitrogens with one attached hydrogen (secondary N) is 2. The molecule has 3 heterocycles. The Morgan fingerprint density at radius 1 is 1.19 bits per heavy atom. The summed E-state index contributed by atoms with van der Waals surface area (Å²) in [5.41, 5.74) is 2.25. The third kappa shape index (κ3) is 2.08. The summed E-state index contributed by atoms with van der Waals surface area (Å²) in [5.74, 6) is -0.247. The molecule has 4 aromatic rings. The number of H-pyrrole nitrogens is 1. The van der Waals surface area contributed by atoms with Crippen LogP contribution in [0.1, 0.15) is 15.5 Å². The molecule has 4 rings (SSSR count). The fraction of sp³-hybridized carbons (Fsp3) is 0.0769. The standard InChI is InChI=1S/C13H9N5OS2/c1-6-16-7-2-3-8-11(10(7)20-6)21-13(17-8)18-12(19)9-4-14-5-15-9/h2-5H,1H3,(H,14,15)(H,17,18,19). The number of rotatable bonds is 2. The van der Waals surface area contributed by atoms with Crippen molar-refractivity contribution in [1.29, 1.82) is 0 Å². The Kier molecular flexibility index (Phi) is 2.72. The number of amides is 1. The van der Waals surface area contributed by atoms with Gasteiger partial charge in [-0.05, 0) is 19.1 Å². The molecule has 8 heteroatoms. The summed E-state index contributed by atoms with van der Waals surface area (Å²) < 4.78 is 2.17. The molecule has 0 aliphatic rings. The first-order valence-electron chi connectivity index (χ1n) is 6.17. The topological polar surface area (TPSA) is 83.6 Å². The lowest BCUT2D eigenvalue weighted by atomic mass is 10.3. The third-order valence-corrected chi connectivity index (χ3v) is 5.12. The molecule has 0 fully saturated rings. The number of anilines is 1. The van der Waals surface area contributed by atoms with E-state index in [4.69, 9.17) is 0 Å². The monoisotopic (exact) mass is 315 g/mol. The number of imidazole rings is 1. The van der Waals surface area contributed by atoms with Gasteiger partial charge in [0.15, 0.2) is 5.13 Å². The highest BCUT2D eigenvalue weighted by atomic mass is 32.1. The maximum Gasteiger partial charge on any atom is 0.275 e. The summed E-state index contributed by atoms with van der Waals surface area (Å²) in [7, 11) is 0. The number of hydrogen-bond acceptors (Lipinski definition) is 6. The maximum absolute atomic E-state index is 12.0. The fourth-order valence-corrected chi connectivity index (χ4v) is 4.08.